The quantitative estimate of drug-likeness (QED) is 0.532. The Morgan fingerprint density at radius 3 is 2.81 bits per heavy atom. The Balaban J connectivity index is 1.45. The van der Waals surface area contributed by atoms with Gasteiger partial charge in [0, 0.05) is 35.2 Å². The van der Waals surface area contributed by atoms with Crippen LogP contribution in [0.25, 0.3) is 15.7 Å². The van der Waals surface area contributed by atoms with Gasteiger partial charge in [0.05, 0.1) is 18.1 Å². The lowest BCUT2D eigenvalue weighted by atomic mass is 10.1. The summed E-state index contributed by atoms with van der Waals surface area (Å²) in [6, 6.07) is 10.4. The minimum Gasteiger partial charge on any atom is -0.350 e. The fraction of sp³-hybridized carbons (Fsp3) is 0.292. The molecule has 1 aromatic heterocycles. The van der Waals surface area contributed by atoms with Crippen LogP contribution < -0.4 is 5.32 Å². The molecule has 32 heavy (non-hydrogen) atoms. The van der Waals surface area contributed by atoms with Gasteiger partial charge in [0.15, 0.2) is 0 Å². The van der Waals surface area contributed by atoms with E-state index in [0.717, 1.165) is 29.3 Å². The zero-order valence-corrected chi connectivity index (χ0v) is 18.3. The molecule has 1 N–H and O–H groups in total. The molecule has 0 aliphatic heterocycles. The van der Waals surface area contributed by atoms with Crippen molar-refractivity contribution in [1.29, 1.82) is 0 Å². The highest BCUT2D eigenvalue weighted by Gasteiger charge is 2.34. The maximum absolute atomic E-state index is 14.0. The second-order valence-electron chi connectivity index (χ2n) is 8.02. The number of halogens is 2. The molecule has 0 bridgehead atoms. The maximum Gasteiger partial charge on any atom is 0.243 e. The summed E-state index contributed by atoms with van der Waals surface area (Å²) in [5, 5.41) is 3.48. The molecule has 0 radical (unpaired) electrons. The first-order chi connectivity index (χ1) is 15.4. The monoisotopic (exact) mass is 452 g/mol. The van der Waals surface area contributed by atoms with E-state index in [-0.39, 0.29) is 48.1 Å². The first-order valence-electron chi connectivity index (χ1n) is 10.3. The van der Waals surface area contributed by atoms with Gasteiger partial charge in [-0.1, -0.05) is 41.4 Å². The summed E-state index contributed by atoms with van der Waals surface area (Å²) in [5.74, 6) is -1.11. The van der Waals surface area contributed by atoms with Gasteiger partial charge in [0.25, 0.3) is 0 Å². The standard InChI is InChI=1S/C24H22ClFN4O2/c1-15-6-9-21-18(10-15)20(27-2)12-29(21)14-23(32)30(17-7-8-17)13-22(31)28-11-16-4-3-5-19(25)24(16)26/h3-6,9-10,12,17H,7-8,11,13-14H2,1H3,(H,28,31). The van der Waals surface area contributed by atoms with E-state index in [1.54, 1.807) is 27.8 Å². The molecule has 2 amide bonds. The van der Waals surface area contributed by atoms with Crippen LogP contribution in [0, 0.1) is 19.3 Å². The van der Waals surface area contributed by atoms with E-state index < -0.39 is 5.82 Å². The van der Waals surface area contributed by atoms with E-state index in [2.05, 4.69) is 10.2 Å². The van der Waals surface area contributed by atoms with Crippen molar-refractivity contribution in [2.45, 2.75) is 38.9 Å². The topological polar surface area (TPSA) is 58.7 Å². The fourth-order valence-electron chi connectivity index (χ4n) is 3.75. The largest absolute Gasteiger partial charge is 0.350 e. The van der Waals surface area contributed by atoms with Gasteiger partial charge in [-0.25, -0.2) is 9.24 Å². The summed E-state index contributed by atoms with van der Waals surface area (Å²) in [6.45, 7) is 9.32. The zero-order valence-electron chi connectivity index (χ0n) is 17.6. The molecule has 1 aliphatic rings. The van der Waals surface area contributed by atoms with Crippen molar-refractivity contribution < 1.29 is 14.0 Å². The number of hydrogen-bond donors (Lipinski definition) is 1. The Morgan fingerprint density at radius 2 is 2.09 bits per heavy atom. The predicted molar refractivity (Wildman–Crippen MR) is 121 cm³/mol. The number of fused-ring (bicyclic) bond motifs is 1. The minimum atomic E-state index is -0.560. The van der Waals surface area contributed by atoms with Crippen molar-refractivity contribution in [2.24, 2.45) is 0 Å². The maximum atomic E-state index is 14.0. The number of rotatable bonds is 7. The molecule has 1 heterocycles. The smallest absolute Gasteiger partial charge is 0.243 e. The SMILES string of the molecule is [C-]#[N+]c1cn(CC(=O)N(CC(=O)NCc2cccc(Cl)c2F)C2CC2)c2ccc(C)cc12. The Hall–Kier alpha value is -3.37. The average Bonchev–Trinajstić information content (AvgIpc) is 3.55. The molecule has 2 aromatic carbocycles. The number of carbonyl (C=O) groups is 2. The number of hydrogen-bond acceptors (Lipinski definition) is 2. The van der Waals surface area contributed by atoms with Gasteiger partial charge >= 0.3 is 0 Å². The number of aryl methyl sites for hydroxylation is 1. The number of nitrogens with one attached hydrogen (secondary N) is 1. The van der Waals surface area contributed by atoms with Crippen LogP contribution in [0.4, 0.5) is 10.1 Å². The molecule has 4 rings (SSSR count). The van der Waals surface area contributed by atoms with E-state index in [1.165, 1.54) is 6.07 Å². The van der Waals surface area contributed by atoms with Crippen molar-refractivity contribution in [3.8, 4) is 0 Å². The normalized spacial score (nSPS) is 13.1. The fourth-order valence-corrected chi connectivity index (χ4v) is 3.94. The summed E-state index contributed by atoms with van der Waals surface area (Å²) < 4.78 is 15.8. The van der Waals surface area contributed by atoms with E-state index in [0.29, 0.717) is 5.69 Å². The molecule has 1 saturated carbocycles. The van der Waals surface area contributed by atoms with Crippen LogP contribution in [0.15, 0.2) is 42.6 Å². The summed E-state index contributed by atoms with van der Waals surface area (Å²) in [6.07, 6.45) is 3.38. The van der Waals surface area contributed by atoms with Gasteiger partial charge in [-0.2, -0.15) is 0 Å². The van der Waals surface area contributed by atoms with Crippen molar-refractivity contribution in [1.82, 2.24) is 14.8 Å². The van der Waals surface area contributed by atoms with Gasteiger partial charge in [-0.15, -0.1) is 0 Å². The van der Waals surface area contributed by atoms with Crippen LogP contribution in [-0.2, 0) is 22.7 Å². The number of carbonyl (C=O) groups excluding carboxylic acids is 2. The van der Waals surface area contributed by atoms with Crippen molar-refractivity contribution in [3.05, 3.63) is 76.0 Å². The van der Waals surface area contributed by atoms with Gasteiger partial charge in [0.1, 0.15) is 12.4 Å². The summed E-state index contributed by atoms with van der Waals surface area (Å²) >= 11 is 5.78. The average molecular weight is 453 g/mol. The van der Waals surface area contributed by atoms with Gasteiger partial charge in [-0.05, 0) is 31.9 Å². The summed E-state index contributed by atoms with van der Waals surface area (Å²) in [7, 11) is 0. The molecule has 0 saturated heterocycles. The van der Waals surface area contributed by atoms with Gasteiger partial charge in [0.2, 0.25) is 17.5 Å². The van der Waals surface area contributed by atoms with Gasteiger partial charge in [-0.3, -0.25) is 9.59 Å². The molecule has 8 heteroatoms. The molecule has 6 nitrogen and oxygen atoms in total. The van der Waals surface area contributed by atoms with Crippen LogP contribution in [0.5, 0.6) is 0 Å². The Kier molecular flexibility index (Phi) is 6.15. The molecule has 1 fully saturated rings. The van der Waals surface area contributed by atoms with Crippen molar-refractivity contribution in [2.75, 3.05) is 6.54 Å². The zero-order chi connectivity index (χ0) is 22.8. The Bertz CT molecular complexity index is 1240. The van der Waals surface area contributed by atoms with E-state index in [1.807, 2.05) is 25.1 Å². The van der Waals surface area contributed by atoms with Gasteiger partial charge < -0.3 is 14.8 Å². The van der Waals surface area contributed by atoms with Crippen LogP contribution >= 0.6 is 11.6 Å². The molecule has 0 spiro atoms. The number of nitrogens with zero attached hydrogens (tertiary/aromatic N) is 3. The third-order valence-corrected chi connectivity index (χ3v) is 5.86. The molecular formula is C24H22ClFN4O2. The van der Waals surface area contributed by atoms with Crippen LogP contribution in [0.1, 0.15) is 24.0 Å². The molecule has 1 aliphatic carbocycles. The first kappa shape index (κ1) is 21.8. The lowest BCUT2D eigenvalue weighted by Crippen LogP contribution is -2.43. The Labute approximate surface area is 190 Å². The molecule has 0 unspecified atom stereocenters. The highest BCUT2D eigenvalue weighted by atomic mass is 35.5. The Morgan fingerprint density at radius 1 is 1.31 bits per heavy atom. The summed E-state index contributed by atoms with van der Waals surface area (Å²) in [4.78, 5) is 30.7. The lowest BCUT2D eigenvalue weighted by molar-refractivity contribution is -0.137. The highest BCUT2D eigenvalue weighted by molar-refractivity contribution is 6.30. The van der Waals surface area contributed by atoms with E-state index in [4.69, 9.17) is 18.2 Å². The highest BCUT2D eigenvalue weighted by Crippen LogP contribution is 2.31. The van der Waals surface area contributed by atoms with Crippen LogP contribution in [0.3, 0.4) is 0 Å². The second-order valence-corrected chi connectivity index (χ2v) is 8.42. The molecule has 3 aromatic rings. The first-order valence-corrected chi connectivity index (χ1v) is 10.7. The predicted octanol–water partition coefficient (Wildman–Crippen LogP) is 4.60. The van der Waals surface area contributed by atoms with E-state index >= 15 is 0 Å². The van der Waals surface area contributed by atoms with Crippen molar-refractivity contribution >= 4 is 40.0 Å². The van der Waals surface area contributed by atoms with Crippen LogP contribution in [-0.4, -0.2) is 33.9 Å². The minimum absolute atomic E-state index is 0.000500. The second kappa shape index (κ2) is 9.01. The lowest BCUT2D eigenvalue weighted by Gasteiger charge is -2.22. The number of amides is 2. The van der Waals surface area contributed by atoms with Crippen LogP contribution in [0.2, 0.25) is 5.02 Å². The molecular weight excluding hydrogens is 431 g/mol. The third-order valence-electron chi connectivity index (χ3n) is 5.57. The number of aromatic nitrogens is 1. The summed E-state index contributed by atoms with van der Waals surface area (Å²) in [5.41, 5.74) is 2.64. The third kappa shape index (κ3) is 4.61. The molecule has 0 atom stereocenters. The number of benzene rings is 2. The van der Waals surface area contributed by atoms with Crippen molar-refractivity contribution in [3.63, 3.8) is 0 Å². The molecule has 164 valence electrons. The van der Waals surface area contributed by atoms with E-state index in [9.17, 15) is 14.0 Å².